The Morgan fingerprint density at radius 1 is 1.24 bits per heavy atom. The predicted octanol–water partition coefficient (Wildman–Crippen LogP) is 3.87. The van der Waals surface area contributed by atoms with Crippen LogP contribution in [0.15, 0.2) is 53.0 Å². The molecule has 0 fully saturated rings. The van der Waals surface area contributed by atoms with Crippen molar-refractivity contribution >= 4 is 44.7 Å². The zero-order valence-electron chi connectivity index (χ0n) is 12.9. The quantitative estimate of drug-likeness (QED) is 0.530. The second-order valence-corrected chi connectivity index (χ2v) is 6.06. The Labute approximate surface area is 151 Å². The average Bonchev–Trinajstić information content (AvgIpc) is 2.61. The topological polar surface area (TPSA) is 78.1 Å². The number of halogens is 2. The minimum absolute atomic E-state index is 0.126. The van der Waals surface area contributed by atoms with Crippen molar-refractivity contribution in [2.24, 2.45) is 0 Å². The van der Waals surface area contributed by atoms with E-state index >= 15 is 0 Å². The second kappa shape index (κ2) is 7.40. The fraction of sp³-hybridized carbons (Fsp3) is 0.0556. The summed E-state index contributed by atoms with van der Waals surface area (Å²) in [4.78, 5) is 20.2. The van der Waals surface area contributed by atoms with Crippen LogP contribution >= 0.6 is 15.9 Å². The van der Waals surface area contributed by atoms with Crippen LogP contribution < -0.4 is 5.73 Å². The Balaban J connectivity index is 1.68. The van der Waals surface area contributed by atoms with Gasteiger partial charge in [0.15, 0.2) is 12.4 Å². The van der Waals surface area contributed by atoms with Crippen LogP contribution in [0.25, 0.3) is 17.0 Å². The molecule has 3 aromatic rings. The van der Waals surface area contributed by atoms with Gasteiger partial charge in [0.05, 0.1) is 5.52 Å². The van der Waals surface area contributed by atoms with E-state index in [0.717, 1.165) is 11.5 Å². The maximum absolute atomic E-state index is 13.6. The minimum atomic E-state index is -0.630. The van der Waals surface area contributed by atoms with Gasteiger partial charge in [0.1, 0.15) is 11.6 Å². The molecule has 0 saturated heterocycles. The SMILES string of the molecule is Nc1nc(COC(=O)C=Cc2cc(Br)ccc2F)nc2ccccc12. The Morgan fingerprint density at radius 2 is 2.04 bits per heavy atom. The first-order chi connectivity index (χ1) is 12.0. The third-order valence-corrected chi connectivity index (χ3v) is 3.87. The summed E-state index contributed by atoms with van der Waals surface area (Å²) in [5.74, 6) is -0.442. The van der Waals surface area contributed by atoms with Gasteiger partial charge >= 0.3 is 5.97 Å². The Morgan fingerprint density at radius 3 is 2.88 bits per heavy atom. The van der Waals surface area contributed by atoms with Gasteiger partial charge in [0, 0.05) is 21.5 Å². The Kier molecular flexibility index (Phi) is 5.04. The van der Waals surface area contributed by atoms with Crippen LogP contribution in [0.5, 0.6) is 0 Å². The molecular formula is C18H13BrFN3O2. The van der Waals surface area contributed by atoms with Crippen molar-refractivity contribution < 1.29 is 13.9 Å². The molecule has 25 heavy (non-hydrogen) atoms. The summed E-state index contributed by atoms with van der Waals surface area (Å²) in [7, 11) is 0. The molecule has 1 heterocycles. The third kappa shape index (κ3) is 4.19. The Bertz CT molecular complexity index is 976. The first-order valence-electron chi connectivity index (χ1n) is 7.34. The molecule has 0 bridgehead atoms. The van der Waals surface area contributed by atoms with Crippen molar-refractivity contribution in [3.05, 3.63) is 70.2 Å². The fourth-order valence-electron chi connectivity index (χ4n) is 2.20. The lowest BCUT2D eigenvalue weighted by Gasteiger charge is -2.05. The van der Waals surface area contributed by atoms with E-state index in [0.29, 0.717) is 21.6 Å². The summed E-state index contributed by atoms with van der Waals surface area (Å²) >= 11 is 3.25. The number of ether oxygens (including phenoxy) is 1. The van der Waals surface area contributed by atoms with Crippen LogP contribution in [0, 0.1) is 5.82 Å². The summed E-state index contributed by atoms with van der Waals surface area (Å²) in [6.07, 6.45) is 2.49. The monoisotopic (exact) mass is 401 g/mol. The summed E-state index contributed by atoms with van der Waals surface area (Å²) in [5.41, 5.74) is 6.83. The molecule has 126 valence electrons. The fourth-order valence-corrected chi connectivity index (χ4v) is 2.58. The van der Waals surface area contributed by atoms with E-state index in [4.69, 9.17) is 10.5 Å². The zero-order chi connectivity index (χ0) is 17.8. The van der Waals surface area contributed by atoms with E-state index in [9.17, 15) is 9.18 Å². The third-order valence-electron chi connectivity index (χ3n) is 3.38. The smallest absolute Gasteiger partial charge is 0.331 e. The van der Waals surface area contributed by atoms with Gasteiger partial charge in [-0.05, 0) is 36.4 Å². The standard InChI is InChI=1S/C18H13BrFN3O2/c19-12-6-7-14(20)11(9-12)5-8-17(24)25-10-16-22-15-4-2-1-3-13(15)18(21)23-16/h1-9H,10H2,(H2,21,22,23). The van der Waals surface area contributed by atoms with E-state index in [1.807, 2.05) is 18.2 Å². The summed E-state index contributed by atoms with van der Waals surface area (Å²) < 4.78 is 19.4. The lowest BCUT2D eigenvalue weighted by molar-refractivity contribution is -0.139. The van der Waals surface area contributed by atoms with Crippen LogP contribution in [0.4, 0.5) is 10.2 Å². The van der Waals surface area contributed by atoms with Crippen molar-refractivity contribution in [1.29, 1.82) is 0 Å². The number of nitrogens with two attached hydrogens (primary N) is 1. The van der Waals surface area contributed by atoms with Gasteiger partial charge in [0.25, 0.3) is 0 Å². The number of nitrogens with zero attached hydrogens (tertiary/aromatic N) is 2. The highest BCUT2D eigenvalue weighted by atomic mass is 79.9. The number of carbonyl (C=O) groups excluding carboxylic acids is 1. The normalized spacial score (nSPS) is 11.1. The molecular weight excluding hydrogens is 389 g/mol. The van der Waals surface area contributed by atoms with Crippen molar-refractivity contribution in [2.45, 2.75) is 6.61 Å². The molecule has 0 amide bonds. The number of fused-ring (bicyclic) bond motifs is 1. The number of nitrogen functional groups attached to an aromatic ring is 1. The predicted molar refractivity (Wildman–Crippen MR) is 96.9 cm³/mol. The van der Waals surface area contributed by atoms with E-state index in [-0.39, 0.29) is 12.2 Å². The van der Waals surface area contributed by atoms with Crippen LogP contribution in [0.3, 0.4) is 0 Å². The van der Waals surface area contributed by atoms with Gasteiger partial charge < -0.3 is 10.5 Å². The van der Waals surface area contributed by atoms with Gasteiger partial charge in [-0.15, -0.1) is 0 Å². The molecule has 2 aromatic carbocycles. The van der Waals surface area contributed by atoms with Gasteiger partial charge in [-0.1, -0.05) is 28.1 Å². The van der Waals surface area contributed by atoms with Crippen molar-refractivity contribution in [3.63, 3.8) is 0 Å². The van der Waals surface area contributed by atoms with Crippen LogP contribution in [-0.2, 0) is 16.1 Å². The number of rotatable bonds is 4. The number of aromatic nitrogens is 2. The maximum Gasteiger partial charge on any atom is 0.331 e. The number of esters is 1. The number of hydrogen-bond donors (Lipinski definition) is 1. The van der Waals surface area contributed by atoms with E-state index in [1.54, 1.807) is 18.2 Å². The molecule has 0 aliphatic carbocycles. The molecule has 0 unspecified atom stereocenters. The highest BCUT2D eigenvalue weighted by Gasteiger charge is 2.07. The number of hydrogen-bond acceptors (Lipinski definition) is 5. The van der Waals surface area contributed by atoms with Crippen molar-refractivity contribution in [2.75, 3.05) is 5.73 Å². The lowest BCUT2D eigenvalue weighted by atomic mass is 10.2. The molecule has 2 N–H and O–H groups in total. The van der Waals surface area contributed by atoms with Crippen molar-refractivity contribution in [3.8, 4) is 0 Å². The molecule has 0 saturated carbocycles. The van der Waals surface area contributed by atoms with Crippen LogP contribution in [0.2, 0.25) is 0 Å². The number of carbonyl (C=O) groups is 1. The number of benzene rings is 2. The first-order valence-corrected chi connectivity index (χ1v) is 8.13. The van der Waals surface area contributed by atoms with E-state index in [1.165, 1.54) is 12.1 Å². The van der Waals surface area contributed by atoms with Crippen molar-refractivity contribution in [1.82, 2.24) is 9.97 Å². The largest absolute Gasteiger partial charge is 0.454 e. The molecule has 0 radical (unpaired) electrons. The zero-order valence-corrected chi connectivity index (χ0v) is 14.5. The highest BCUT2D eigenvalue weighted by molar-refractivity contribution is 9.10. The number of anilines is 1. The molecule has 0 spiro atoms. The van der Waals surface area contributed by atoms with Gasteiger partial charge in [-0.25, -0.2) is 19.2 Å². The molecule has 7 heteroatoms. The Hall–Kier alpha value is -2.80. The van der Waals surface area contributed by atoms with E-state index in [2.05, 4.69) is 25.9 Å². The van der Waals surface area contributed by atoms with Gasteiger partial charge in [-0.2, -0.15) is 0 Å². The summed E-state index contributed by atoms with van der Waals surface area (Å²) in [6.45, 7) is -0.126. The first kappa shape index (κ1) is 17.0. The highest BCUT2D eigenvalue weighted by Crippen LogP contribution is 2.18. The minimum Gasteiger partial charge on any atom is -0.454 e. The summed E-state index contributed by atoms with van der Waals surface area (Å²) in [6, 6.07) is 11.7. The maximum atomic E-state index is 13.6. The lowest BCUT2D eigenvalue weighted by Crippen LogP contribution is -2.06. The van der Waals surface area contributed by atoms with Crippen LogP contribution in [0.1, 0.15) is 11.4 Å². The second-order valence-electron chi connectivity index (χ2n) is 5.15. The van der Waals surface area contributed by atoms with Crippen LogP contribution in [-0.4, -0.2) is 15.9 Å². The summed E-state index contributed by atoms with van der Waals surface area (Å²) in [5, 5.41) is 0.739. The molecule has 0 aliphatic heterocycles. The molecule has 3 rings (SSSR count). The number of para-hydroxylation sites is 1. The average molecular weight is 402 g/mol. The van der Waals surface area contributed by atoms with Gasteiger partial charge in [0.2, 0.25) is 0 Å². The molecule has 0 atom stereocenters. The van der Waals surface area contributed by atoms with E-state index < -0.39 is 11.8 Å². The molecule has 1 aromatic heterocycles. The van der Waals surface area contributed by atoms with Gasteiger partial charge in [-0.3, -0.25) is 0 Å². The molecule has 0 aliphatic rings. The molecule has 5 nitrogen and oxygen atoms in total.